The Bertz CT molecular complexity index is 582. The van der Waals surface area contributed by atoms with E-state index < -0.39 is 0 Å². The van der Waals surface area contributed by atoms with Gasteiger partial charge in [-0.05, 0) is 28.0 Å². The van der Waals surface area contributed by atoms with Crippen LogP contribution in [0, 0.1) is 0 Å². The van der Waals surface area contributed by atoms with E-state index in [0.29, 0.717) is 0 Å². The molecule has 3 heteroatoms. The van der Waals surface area contributed by atoms with Gasteiger partial charge >= 0.3 is 0 Å². The minimum absolute atomic E-state index is 1.13. The zero-order valence-electron chi connectivity index (χ0n) is 7.92. The Labute approximate surface area is 91.2 Å². The predicted octanol–water partition coefficient (Wildman–Crippen LogP) is 3.36. The lowest BCUT2D eigenvalue weighted by molar-refractivity contribution is 1.05. The summed E-state index contributed by atoms with van der Waals surface area (Å²) in [4.78, 5) is 0. The average molecular weight is 212 g/mol. The fraction of sp³-hybridized carbons (Fsp3) is 0. The van der Waals surface area contributed by atoms with E-state index in [2.05, 4.69) is 45.2 Å². The molecule has 0 spiro atoms. The highest BCUT2D eigenvalue weighted by atomic mass is 32.1. The Morgan fingerprint density at radius 2 is 1.93 bits per heavy atom. The molecule has 1 aromatic carbocycles. The van der Waals surface area contributed by atoms with Crippen LogP contribution >= 0.6 is 11.3 Å². The van der Waals surface area contributed by atoms with E-state index in [0.717, 1.165) is 10.8 Å². The van der Waals surface area contributed by atoms with Gasteiger partial charge in [0.2, 0.25) is 0 Å². The van der Waals surface area contributed by atoms with E-state index >= 15 is 0 Å². The van der Waals surface area contributed by atoms with Gasteiger partial charge in [-0.2, -0.15) is 21.5 Å². The summed E-state index contributed by atoms with van der Waals surface area (Å²) in [5.74, 6) is 0. The van der Waals surface area contributed by atoms with Crippen LogP contribution in [0.3, 0.4) is 0 Å². The molecule has 0 radical (unpaired) electrons. The molecule has 3 aromatic rings. The van der Waals surface area contributed by atoms with Gasteiger partial charge in [0.15, 0.2) is 0 Å². The van der Waals surface area contributed by atoms with E-state index in [1.165, 1.54) is 11.1 Å². The Hall–Kier alpha value is -1.74. The molecule has 72 valence electrons. The molecule has 0 bridgehead atoms. The first-order valence-electron chi connectivity index (χ1n) is 4.67. The van der Waals surface area contributed by atoms with E-state index in [1.807, 2.05) is 6.20 Å². The maximum Gasteiger partial charge on any atom is 0.0580 e. The minimum Gasteiger partial charge on any atom is -0.158 e. The highest BCUT2D eigenvalue weighted by molar-refractivity contribution is 7.08. The number of hydrogen-bond acceptors (Lipinski definition) is 3. The summed E-state index contributed by atoms with van der Waals surface area (Å²) in [6.45, 7) is 0. The number of nitrogens with zero attached hydrogens (tertiary/aromatic N) is 2. The lowest BCUT2D eigenvalue weighted by Gasteiger charge is -2.02. The summed E-state index contributed by atoms with van der Waals surface area (Å²) in [7, 11) is 0. The standard InChI is InChI=1S/C12H8N2S/c1-2-9-6-13-14-7-12(9)11(3-1)10-4-5-15-8-10/h1-8H. The molecule has 0 aliphatic rings. The molecular formula is C12H8N2S. The van der Waals surface area contributed by atoms with Crippen molar-refractivity contribution in [3.05, 3.63) is 47.4 Å². The normalized spacial score (nSPS) is 10.7. The predicted molar refractivity (Wildman–Crippen MR) is 62.9 cm³/mol. The van der Waals surface area contributed by atoms with E-state index in [4.69, 9.17) is 0 Å². The second-order valence-electron chi connectivity index (χ2n) is 3.31. The van der Waals surface area contributed by atoms with Crippen LogP contribution in [0.15, 0.2) is 47.4 Å². The van der Waals surface area contributed by atoms with Gasteiger partial charge in [-0.15, -0.1) is 0 Å². The van der Waals surface area contributed by atoms with E-state index in [-0.39, 0.29) is 0 Å². The molecule has 3 rings (SSSR count). The maximum absolute atomic E-state index is 3.94. The van der Waals surface area contributed by atoms with Crippen molar-refractivity contribution >= 4 is 22.1 Å². The summed E-state index contributed by atoms with van der Waals surface area (Å²) >= 11 is 1.71. The quantitative estimate of drug-likeness (QED) is 0.618. The monoisotopic (exact) mass is 212 g/mol. The fourth-order valence-corrected chi connectivity index (χ4v) is 2.35. The Morgan fingerprint density at radius 1 is 1.00 bits per heavy atom. The molecule has 15 heavy (non-hydrogen) atoms. The summed E-state index contributed by atoms with van der Waals surface area (Å²) in [5, 5.41) is 14.4. The van der Waals surface area contributed by atoms with E-state index in [1.54, 1.807) is 17.5 Å². The zero-order chi connectivity index (χ0) is 10.1. The van der Waals surface area contributed by atoms with Crippen molar-refractivity contribution in [3.8, 4) is 11.1 Å². The van der Waals surface area contributed by atoms with Crippen LogP contribution in [-0.2, 0) is 0 Å². The molecule has 0 N–H and O–H groups in total. The molecule has 0 atom stereocenters. The number of fused-ring (bicyclic) bond motifs is 1. The first kappa shape index (κ1) is 8.56. The Kier molecular flexibility index (Phi) is 1.96. The molecule has 0 fully saturated rings. The second kappa shape index (κ2) is 3.44. The van der Waals surface area contributed by atoms with Crippen LogP contribution in [0.25, 0.3) is 21.9 Å². The number of benzene rings is 1. The van der Waals surface area contributed by atoms with Crippen molar-refractivity contribution in [2.24, 2.45) is 0 Å². The number of rotatable bonds is 1. The van der Waals surface area contributed by atoms with Crippen LogP contribution in [0.1, 0.15) is 0 Å². The first-order valence-corrected chi connectivity index (χ1v) is 5.61. The topological polar surface area (TPSA) is 25.8 Å². The fourth-order valence-electron chi connectivity index (χ4n) is 1.70. The van der Waals surface area contributed by atoms with Gasteiger partial charge in [0.05, 0.1) is 12.4 Å². The molecule has 0 unspecified atom stereocenters. The molecular weight excluding hydrogens is 204 g/mol. The zero-order valence-corrected chi connectivity index (χ0v) is 8.74. The van der Waals surface area contributed by atoms with Crippen LogP contribution in [0.4, 0.5) is 0 Å². The van der Waals surface area contributed by atoms with Crippen molar-refractivity contribution in [3.63, 3.8) is 0 Å². The highest BCUT2D eigenvalue weighted by Gasteiger charge is 2.03. The van der Waals surface area contributed by atoms with Gasteiger partial charge in [-0.3, -0.25) is 0 Å². The van der Waals surface area contributed by atoms with Crippen LogP contribution in [0.2, 0.25) is 0 Å². The maximum atomic E-state index is 3.94. The molecule has 0 aliphatic carbocycles. The third kappa shape index (κ3) is 1.41. The lowest BCUT2D eigenvalue weighted by Crippen LogP contribution is -1.83. The summed E-state index contributed by atoms with van der Waals surface area (Å²) < 4.78 is 0. The van der Waals surface area contributed by atoms with Crippen LogP contribution in [0.5, 0.6) is 0 Å². The molecule has 0 saturated carbocycles. The number of aromatic nitrogens is 2. The molecule has 2 heterocycles. The summed E-state index contributed by atoms with van der Waals surface area (Å²) in [6.07, 6.45) is 3.62. The third-order valence-electron chi connectivity index (χ3n) is 2.42. The van der Waals surface area contributed by atoms with E-state index in [9.17, 15) is 0 Å². The van der Waals surface area contributed by atoms with Crippen molar-refractivity contribution in [2.75, 3.05) is 0 Å². The van der Waals surface area contributed by atoms with Crippen molar-refractivity contribution in [1.82, 2.24) is 10.2 Å². The minimum atomic E-state index is 1.13. The number of thiophene rings is 1. The molecule has 2 nitrogen and oxygen atoms in total. The number of hydrogen-bond donors (Lipinski definition) is 0. The largest absolute Gasteiger partial charge is 0.158 e. The molecule has 0 saturated heterocycles. The lowest BCUT2D eigenvalue weighted by atomic mass is 10.0. The Morgan fingerprint density at radius 3 is 2.80 bits per heavy atom. The van der Waals surface area contributed by atoms with Gasteiger partial charge in [0.1, 0.15) is 0 Å². The average Bonchev–Trinajstić information content (AvgIpc) is 2.82. The Balaban J connectivity index is 2.36. The summed E-state index contributed by atoms with van der Waals surface area (Å²) in [5.41, 5.74) is 2.47. The second-order valence-corrected chi connectivity index (χ2v) is 4.09. The molecule has 0 aliphatic heterocycles. The third-order valence-corrected chi connectivity index (χ3v) is 3.11. The van der Waals surface area contributed by atoms with Crippen molar-refractivity contribution in [2.45, 2.75) is 0 Å². The van der Waals surface area contributed by atoms with Crippen molar-refractivity contribution < 1.29 is 0 Å². The van der Waals surface area contributed by atoms with Gasteiger partial charge in [0.25, 0.3) is 0 Å². The highest BCUT2D eigenvalue weighted by Crippen LogP contribution is 2.28. The molecule has 2 aromatic heterocycles. The van der Waals surface area contributed by atoms with Gasteiger partial charge in [-0.25, -0.2) is 0 Å². The summed E-state index contributed by atoms with van der Waals surface area (Å²) in [6, 6.07) is 8.35. The van der Waals surface area contributed by atoms with Gasteiger partial charge < -0.3 is 0 Å². The SMILES string of the molecule is c1cc(-c2ccsc2)c2cnncc2c1. The molecule has 0 amide bonds. The van der Waals surface area contributed by atoms with Crippen LogP contribution in [-0.4, -0.2) is 10.2 Å². The van der Waals surface area contributed by atoms with Gasteiger partial charge in [0, 0.05) is 10.8 Å². The van der Waals surface area contributed by atoms with Crippen LogP contribution < -0.4 is 0 Å². The van der Waals surface area contributed by atoms with Gasteiger partial charge in [-0.1, -0.05) is 18.2 Å². The smallest absolute Gasteiger partial charge is 0.0580 e. The first-order chi connectivity index (χ1) is 7.45. The van der Waals surface area contributed by atoms with Crippen molar-refractivity contribution in [1.29, 1.82) is 0 Å².